The Hall–Kier alpha value is -9.54. The number of pyridine rings is 1. The number of Topliss-reactive ketones (excluding diaryl/α,β-unsaturated/α-hetero) is 1. The monoisotopic (exact) mass is 1170 g/mol. The fourth-order valence-corrected chi connectivity index (χ4v) is 9.74. The first kappa shape index (κ1) is 63.0. The molecule has 0 aliphatic carbocycles. The zero-order chi connectivity index (χ0) is 61.8. The molecule has 1 aliphatic heterocycles. The number of nitrogens with zero attached hydrogens (tertiary/aromatic N) is 5. The second-order valence-corrected chi connectivity index (χ2v) is 22.2. The van der Waals surface area contributed by atoms with Gasteiger partial charge in [0.05, 0.1) is 11.4 Å². The zero-order valence-electron chi connectivity index (χ0n) is 49.3. The number of fused-ring (bicyclic) bond motifs is 4. The summed E-state index contributed by atoms with van der Waals surface area (Å²) in [6.07, 6.45) is 2.22. The van der Waals surface area contributed by atoms with E-state index in [1.54, 1.807) is 98.9 Å². The van der Waals surface area contributed by atoms with Crippen molar-refractivity contribution in [3.05, 3.63) is 125 Å². The Morgan fingerprint density at radius 2 is 1.47 bits per heavy atom. The molecule has 0 bridgehead atoms. The molecule has 7 rings (SSSR count). The first-order valence-electron chi connectivity index (χ1n) is 28.2. The number of urea groups is 1. The number of hydrogen-bond acceptors (Lipinski definition) is 13. The number of aromatic hydroxyl groups is 1. The minimum Gasteiger partial charge on any atom is -0.508 e. The molecule has 23 heteroatoms. The lowest BCUT2D eigenvalue weighted by atomic mass is 9.85. The molecular weight excluding hydrogens is 1090 g/mol. The Bertz CT molecular complexity index is 3470. The van der Waals surface area contributed by atoms with E-state index in [1.165, 1.54) is 41.1 Å². The van der Waals surface area contributed by atoms with Gasteiger partial charge < -0.3 is 66.0 Å². The lowest BCUT2D eigenvalue weighted by molar-refractivity contribution is -0.132. The van der Waals surface area contributed by atoms with E-state index in [9.17, 15) is 48.3 Å². The van der Waals surface area contributed by atoms with Crippen LogP contribution < -0.4 is 42.0 Å². The van der Waals surface area contributed by atoms with Gasteiger partial charge in [0.15, 0.2) is 0 Å². The largest absolute Gasteiger partial charge is 0.508 e. The van der Waals surface area contributed by atoms with Crippen LogP contribution in [0.25, 0.3) is 16.4 Å². The van der Waals surface area contributed by atoms with Crippen molar-refractivity contribution >= 4 is 87.0 Å². The smallest absolute Gasteiger partial charge is 0.415 e. The topological polar surface area (TPSA) is 306 Å². The summed E-state index contributed by atoms with van der Waals surface area (Å²) in [5.41, 5.74) is 10.1. The molecule has 6 aromatic rings. The van der Waals surface area contributed by atoms with Gasteiger partial charge in [0.2, 0.25) is 17.7 Å². The van der Waals surface area contributed by atoms with E-state index in [1.807, 2.05) is 25.1 Å². The number of hydrogen-bond donors (Lipinski definition) is 7. The molecule has 85 heavy (non-hydrogen) atoms. The Labute approximate surface area is 493 Å². The highest BCUT2D eigenvalue weighted by atomic mass is 16.6. The number of likely N-dealkylation sites (N-methyl/N-ethyl adjacent to an activating group) is 2. The number of primary amides is 1. The Balaban J connectivity index is 0.951. The van der Waals surface area contributed by atoms with Crippen LogP contribution in [0.4, 0.5) is 31.4 Å². The molecule has 4 aromatic carbocycles. The molecule has 2 aromatic heterocycles. The molecule has 0 spiro atoms. The summed E-state index contributed by atoms with van der Waals surface area (Å²) in [5.74, 6) is -2.73. The fourth-order valence-electron chi connectivity index (χ4n) is 9.74. The molecule has 450 valence electrons. The highest BCUT2D eigenvalue weighted by Gasteiger charge is 2.39. The number of phenolic OH excluding ortho intramolecular Hbond substituents is 1. The highest BCUT2D eigenvalue weighted by Crippen LogP contribution is 2.49. The van der Waals surface area contributed by atoms with Crippen LogP contribution in [-0.2, 0) is 30.5 Å². The van der Waals surface area contributed by atoms with Crippen molar-refractivity contribution in [1.82, 2.24) is 35.1 Å². The van der Waals surface area contributed by atoms with Crippen molar-refractivity contribution in [2.45, 2.75) is 98.8 Å². The summed E-state index contributed by atoms with van der Waals surface area (Å²) in [6, 6.07) is 20.4. The third-order valence-corrected chi connectivity index (χ3v) is 14.8. The van der Waals surface area contributed by atoms with Gasteiger partial charge in [0, 0.05) is 100 Å². The lowest BCUT2D eigenvalue weighted by Crippen LogP contribution is -2.54. The molecule has 0 unspecified atom stereocenters. The number of imidazole rings is 1. The molecule has 0 saturated heterocycles. The average molecular weight is 1170 g/mol. The summed E-state index contributed by atoms with van der Waals surface area (Å²) < 4.78 is 13.4. The number of amides is 9. The molecule has 8 N–H and O–H groups in total. The second kappa shape index (κ2) is 28.2. The van der Waals surface area contributed by atoms with Gasteiger partial charge in [-0.2, -0.15) is 0 Å². The molecule has 23 nitrogen and oxygen atoms in total. The predicted molar refractivity (Wildman–Crippen MR) is 320 cm³/mol. The van der Waals surface area contributed by atoms with Gasteiger partial charge >= 0.3 is 18.2 Å². The van der Waals surface area contributed by atoms with Gasteiger partial charge in [-0.25, -0.2) is 19.4 Å². The third kappa shape index (κ3) is 16.2. The van der Waals surface area contributed by atoms with Gasteiger partial charge in [-0.3, -0.25) is 28.8 Å². The first-order chi connectivity index (χ1) is 40.4. The van der Waals surface area contributed by atoms with Gasteiger partial charge in [-0.15, -0.1) is 0 Å². The van der Waals surface area contributed by atoms with Crippen LogP contribution in [0.1, 0.15) is 111 Å². The van der Waals surface area contributed by atoms with E-state index < -0.39 is 48.0 Å². The Morgan fingerprint density at radius 1 is 0.788 bits per heavy atom. The maximum absolute atomic E-state index is 14.6. The molecule has 9 amide bonds. The van der Waals surface area contributed by atoms with Crippen molar-refractivity contribution in [3.63, 3.8) is 0 Å². The molecule has 0 fully saturated rings. The van der Waals surface area contributed by atoms with Gasteiger partial charge in [-0.1, -0.05) is 71.9 Å². The van der Waals surface area contributed by atoms with Crippen molar-refractivity contribution in [1.29, 1.82) is 0 Å². The summed E-state index contributed by atoms with van der Waals surface area (Å²) in [5, 5.41) is 24.7. The fraction of sp³-hybridized carbons (Fsp3) is 0.387. The number of nitrogens with one attached hydrogen (secondary N) is 5. The number of aryl methyl sites for hydroxylation is 1. The van der Waals surface area contributed by atoms with Crippen LogP contribution in [0.2, 0.25) is 0 Å². The number of ether oxygens (including phenoxy) is 2. The van der Waals surface area contributed by atoms with Gasteiger partial charge in [0.25, 0.3) is 11.8 Å². The summed E-state index contributed by atoms with van der Waals surface area (Å²) >= 11 is 0. The summed E-state index contributed by atoms with van der Waals surface area (Å²) in [7, 11) is 3.07. The van der Waals surface area contributed by atoms with E-state index >= 15 is 0 Å². The van der Waals surface area contributed by atoms with E-state index in [4.69, 9.17) is 15.2 Å². The third-order valence-electron chi connectivity index (χ3n) is 14.8. The van der Waals surface area contributed by atoms with Gasteiger partial charge in [0.1, 0.15) is 47.3 Å². The summed E-state index contributed by atoms with van der Waals surface area (Å²) in [6.45, 7) is 13.6. The normalized spacial score (nSPS) is 13.5. The van der Waals surface area contributed by atoms with Gasteiger partial charge in [-0.05, 0) is 102 Å². The van der Waals surface area contributed by atoms with E-state index in [2.05, 4.69) is 45.4 Å². The Kier molecular flexibility index (Phi) is 20.9. The average Bonchev–Trinajstić information content (AvgIpc) is 3.06. The van der Waals surface area contributed by atoms with Crippen molar-refractivity contribution in [2.75, 3.05) is 55.8 Å². The molecule has 3 atom stereocenters. The van der Waals surface area contributed by atoms with Crippen LogP contribution >= 0.6 is 0 Å². The SMILES string of the molecule is Cc1cccc2c(OC(=O)N(C)CCN(C)C(=O)OCc3ccc(NC(=O)[C@H](CCCNC(N)=O)NC(=O)[C@@H](NC(=O)CCC(=O)C(C)C)C(C)C)cc3)cc3c(c12)[C@H](C(C)C)CN3C(=O)c1cn2cc(NC(=O)c3ccc(O)cc3)ccc2n1. The number of benzene rings is 4. The minimum absolute atomic E-state index is 0.0312. The standard InChI is InChI=1S/C62H75N11O12/c1-35(2)45-32-73(59(80)47-33-72-31-42(21-25-51(72)67-47)66-56(77)40-17-22-43(74)23-18-40)48-30-50(44-13-10-12-38(7)53(44)54(45)48)85-62(83)71(9)29-28-70(8)61(82)84-34-39-15-19-41(20-16-39)65-57(78)46(14-11-27-64-60(63)81)68-58(79)55(37(5)6)69-52(76)26-24-49(75)36(3)4/h10,12-13,15-23,25,30-31,33,35-37,45-46,55,74H,11,14,24,26-29,32,34H2,1-9H3,(H,65,78)(H,66,77)(H,68,79)(H,69,76)(H3,63,64,81)/t45-,46-,55-/m0/s1. The minimum atomic E-state index is -1.08. The number of phenols is 1. The second-order valence-electron chi connectivity index (χ2n) is 22.2. The van der Waals surface area contributed by atoms with Crippen molar-refractivity contribution in [3.8, 4) is 11.5 Å². The van der Waals surface area contributed by atoms with E-state index in [-0.39, 0.29) is 110 Å². The van der Waals surface area contributed by atoms with E-state index in [0.717, 1.165) is 16.5 Å². The van der Waals surface area contributed by atoms with Crippen LogP contribution in [0.15, 0.2) is 97.3 Å². The van der Waals surface area contributed by atoms with E-state index in [0.29, 0.717) is 45.8 Å². The Morgan fingerprint density at radius 3 is 2.13 bits per heavy atom. The van der Waals surface area contributed by atoms with Crippen LogP contribution in [-0.4, -0.2) is 130 Å². The quantitative estimate of drug-likeness (QED) is 0.0284. The maximum Gasteiger partial charge on any atom is 0.415 e. The number of rotatable bonds is 24. The number of ketones is 1. The maximum atomic E-state index is 14.6. The lowest BCUT2D eigenvalue weighted by Gasteiger charge is -2.25. The van der Waals surface area contributed by atoms with Crippen molar-refractivity contribution in [2.24, 2.45) is 23.5 Å². The summed E-state index contributed by atoms with van der Waals surface area (Å²) in [4.78, 5) is 127. The predicted octanol–water partition coefficient (Wildman–Crippen LogP) is 7.87. The van der Waals surface area contributed by atoms with Crippen LogP contribution in [0.5, 0.6) is 11.5 Å². The number of carbonyl (C=O) groups excluding carboxylic acids is 9. The molecule has 0 radical (unpaired) electrons. The molecule has 0 saturated carbocycles. The number of nitrogens with two attached hydrogens (primary N) is 1. The number of carbonyl (C=O) groups is 9. The molecule has 3 heterocycles. The highest BCUT2D eigenvalue weighted by molar-refractivity contribution is 6.11. The number of aromatic nitrogens is 2. The van der Waals surface area contributed by atoms with Crippen LogP contribution in [0, 0.1) is 24.7 Å². The molecular formula is C62H75N11O12. The zero-order valence-corrected chi connectivity index (χ0v) is 49.3. The van der Waals surface area contributed by atoms with Crippen molar-refractivity contribution < 1.29 is 57.7 Å². The molecule has 1 aliphatic rings. The number of anilines is 3. The first-order valence-corrected chi connectivity index (χ1v) is 28.2. The van der Waals surface area contributed by atoms with Crippen LogP contribution in [0.3, 0.4) is 0 Å².